The first-order valence-electron chi connectivity index (χ1n) is 10.7. The Morgan fingerprint density at radius 1 is 0.968 bits per heavy atom. The summed E-state index contributed by atoms with van der Waals surface area (Å²) < 4.78 is 5.58. The molecule has 0 unspecified atom stereocenters. The summed E-state index contributed by atoms with van der Waals surface area (Å²) in [6.07, 6.45) is 3.41. The number of carbonyl (C=O) groups is 1. The average Bonchev–Trinajstić information content (AvgIpc) is 3.30. The van der Waals surface area contributed by atoms with Gasteiger partial charge in [-0.25, -0.2) is 4.98 Å². The molecule has 1 aliphatic rings. The Bertz CT molecular complexity index is 1050. The molecule has 2 heterocycles. The average molecular weight is 419 g/mol. The van der Waals surface area contributed by atoms with E-state index < -0.39 is 0 Å². The third-order valence-corrected chi connectivity index (χ3v) is 5.92. The monoisotopic (exact) mass is 418 g/mol. The fourth-order valence-electron chi connectivity index (χ4n) is 4.08. The summed E-state index contributed by atoms with van der Waals surface area (Å²) in [5.74, 6) is 0.686. The van der Waals surface area contributed by atoms with Gasteiger partial charge in [0.15, 0.2) is 0 Å². The van der Waals surface area contributed by atoms with E-state index in [0.717, 1.165) is 25.9 Å². The number of benzene rings is 2. The van der Waals surface area contributed by atoms with Crippen LogP contribution in [0.3, 0.4) is 0 Å². The molecule has 31 heavy (non-hydrogen) atoms. The van der Waals surface area contributed by atoms with E-state index >= 15 is 0 Å². The van der Waals surface area contributed by atoms with Crippen molar-refractivity contribution in [2.24, 2.45) is 0 Å². The minimum absolute atomic E-state index is 0.0756. The number of carbonyl (C=O) groups excluding carboxylic acids is 1. The van der Waals surface area contributed by atoms with Crippen molar-refractivity contribution in [2.75, 3.05) is 51.1 Å². The molecule has 3 aromatic rings. The summed E-state index contributed by atoms with van der Waals surface area (Å²) in [5.41, 5.74) is 4.99. The maximum atomic E-state index is 12.8. The van der Waals surface area contributed by atoms with Gasteiger partial charge in [-0.3, -0.25) is 4.79 Å². The molecule has 1 amide bonds. The van der Waals surface area contributed by atoms with Gasteiger partial charge in [0.1, 0.15) is 0 Å². The van der Waals surface area contributed by atoms with Gasteiger partial charge in [0, 0.05) is 47.0 Å². The zero-order valence-corrected chi connectivity index (χ0v) is 18.7. The van der Waals surface area contributed by atoms with Crippen LogP contribution in [0.5, 0.6) is 0 Å². The molecule has 1 aromatic heterocycles. The molecule has 0 bridgehead atoms. The van der Waals surface area contributed by atoms with Crippen LogP contribution in [0.4, 0.5) is 11.7 Å². The van der Waals surface area contributed by atoms with Crippen molar-refractivity contribution in [3.8, 4) is 11.1 Å². The highest BCUT2D eigenvalue weighted by Gasteiger charge is 2.27. The molecule has 162 valence electrons. The number of nitrogens with zero attached hydrogens (tertiary/aromatic N) is 4. The van der Waals surface area contributed by atoms with E-state index in [0.29, 0.717) is 17.7 Å². The predicted octanol–water partition coefficient (Wildman–Crippen LogP) is 4.49. The van der Waals surface area contributed by atoms with E-state index in [2.05, 4.69) is 72.5 Å². The third kappa shape index (κ3) is 4.58. The Hall–Kier alpha value is -3.28. The number of rotatable bonds is 5. The van der Waals surface area contributed by atoms with Crippen LogP contribution in [0.2, 0.25) is 0 Å². The minimum Gasteiger partial charge on any atom is -0.418 e. The van der Waals surface area contributed by atoms with E-state index in [-0.39, 0.29) is 5.91 Å². The van der Waals surface area contributed by atoms with Crippen LogP contribution in [-0.4, -0.2) is 57.1 Å². The van der Waals surface area contributed by atoms with E-state index in [1.165, 1.54) is 28.6 Å². The second-order valence-corrected chi connectivity index (χ2v) is 8.54. The molecule has 2 aromatic carbocycles. The number of likely N-dealkylation sites (tertiary alicyclic amines) is 1. The van der Waals surface area contributed by atoms with E-state index in [4.69, 9.17) is 4.42 Å². The maximum absolute atomic E-state index is 12.8. The van der Waals surface area contributed by atoms with Gasteiger partial charge < -0.3 is 19.1 Å². The molecule has 1 fully saturated rings. The Morgan fingerprint density at radius 3 is 2.29 bits per heavy atom. The normalized spacial score (nSPS) is 14.5. The first-order valence-corrected chi connectivity index (χ1v) is 10.7. The molecule has 0 spiro atoms. The number of hydrogen-bond donors (Lipinski definition) is 0. The molecule has 0 aliphatic carbocycles. The molecule has 1 aliphatic heterocycles. The smallest absolute Gasteiger partial charge is 0.297 e. The van der Waals surface area contributed by atoms with Crippen molar-refractivity contribution in [1.82, 2.24) is 9.88 Å². The van der Waals surface area contributed by atoms with E-state index in [1.54, 1.807) is 4.90 Å². The summed E-state index contributed by atoms with van der Waals surface area (Å²) in [7, 11) is 7.81. The van der Waals surface area contributed by atoms with Crippen molar-refractivity contribution < 1.29 is 9.21 Å². The molecule has 1 saturated heterocycles. The highest BCUT2D eigenvalue weighted by molar-refractivity contribution is 5.91. The van der Waals surface area contributed by atoms with Crippen LogP contribution >= 0.6 is 0 Å². The molecule has 0 saturated carbocycles. The van der Waals surface area contributed by atoms with Crippen LogP contribution in [0.1, 0.15) is 34.9 Å². The molecule has 6 heteroatoms. The van der Waals surface area contributed by atoms with Gasteiger partial charge in [0.05, 0.1) is 6.20 Å². The zero-order chi connectivity index (χ0) is 22.0. The number of anilines is 2. The number of hydrogen-bond acceptors (Lipinski definition) is 5. The van der Waals surface area contributed by atoms with Gasteiger partial charge >= 0.3 is 0 Å². The number of piperidine rings is 1. The third-order valence-electron chi connectivity index (χ3n) is 5.92. The minimum atomic E-state index is -0.0756. The van der Waals surface area contributed by atoms with Gasteiger partial charge in [-0.1, -0.05) is 36.4 Å². The van der Waals surface area contributed by atoms with E-state index in [9.17, 15) is 4.79 Å². The van der Waals surface area contributed by atoms with E-state index in [1.807, 2.05) is 19.0 Å². The van der Waals surface area contributed by atoms with Gasteiger partial charge in [-0.05, 0) is 47.6 Å². The van der Waals surface area contributed by atoms with Crippen LogP contribution < -0.4 is 9.80 Å². The number of aromatic nitrogens is 1. The fraction of sp³-hybridized carbons (Fsp3) is 0.360. The van der Waals surface area contributed by atoms with Crippen LogP contribution in [-0.2, 0) is 0 Å². The number of amides is 1. The standard InChI is InChI=1S/C25H30N4O2/c1-27(2)22-10-6-9-21(16-22)20-8-5-7-19(15-20)18-11-13-29(14-12-18)24(30)23-17-26-25(31-23)28(3)4/h5-10,15-18H,11-14H2,1-4H3. The Kier molecular flexibility index (Phi) is 5.98. The highest BCUT2D eigenvalue weighted by Crippen LogP contribution is 2.32. The lowest BCUT2D eigenvalue weighted by Gasteiger charge is -2.31. The summed E-state index contributed by atoms with van der Waals surface area (Å²) >= 11 is 0. The largest absolute Gasteiger partial charge is 0.418 e. The summed E-state index contributed by atoms with van der Waals surface area (Å²) in [6, 6.07) is 17.9. The van der Waals surface area contributed by atoms with Crippen molar-refractivity contribution in [3.63, 3.8) is 0 Å². The lowest BCUT2D eigenvalue weighted by molar-refractivity contribution is 0.0681. The fourth-order valence-corrected chi connectivity index (χ4v) is 4.08. The van der Waals surface area contributed by atoms with Crippen LogP contribution in [0.25, 0.3) is 11.1 Å². The topological polar surface area (TPSA) is 52.8 Å². The van der Waals surface area contributed by atoms with Crippen LogP contribution in [0.15, 0.2) is 59.1 Å². The quantitative estimate of drug-likeness (QED) is 0.611. The molecule has 6 nitrogen and oxygen atoms in total. The second-order valence-electron chi connectivity index (χ2n) is 8.54. The van der Waals surface area contributed by atoms with Crippen molar-refractivity contribution in [2.45, 2.75) is 18.8 Å². The van der Waals surface area contributed by atoms with Gasteiger partial charge in [0.2, 0.25) is 5.76 Å². The molecule has 0 atom stereocenters. The van der Waals surface area contributed by atoms with Crippen molar-refractivity contribution in [3.05, 3.63) is 66.1 Å². The maximum Gasteiger partial charge on any atom is 0.297 e. The van der Waals surface area contributed by atoms with Gasteiger partial charge in [0.25, 0.3) is 11.9 Å². The number of oxazole rings is 1. The SMILES string of the molecule is CN(C)c1cccc(-c2cccc(C3CCN(C(=O)c4cnc(N(C)C)o4)CC3)c2)c1. The summed E-state index contributed by atoms with van der Waals surface area (Å²) in [5, 5.41) is 0. The predicted molar refractivity (Wildman–Crippen MR) is 125 cm³/mol. The lowest BCUT2D eigenvalue weighted by atomic mass is 9.87. The molecular formula is C25H30N4O2. The van der Waals surface area contributed by atoms with Gasteiger partial charge in [-0.15, -0.1) is 0 Å². The Balaban J connectivity index is 1.44. The highest BCUT2D eigenvalue weighted by atomic mass is 16.4. The van der Waals surface area contributed by atoms with Gasteiger partial charge in [-0.2, -0.15) is 0 Å². The second kappa shape index (κ2) is 8.84. The first kappa shape index (κ1) is 21.0. The molecule has 0 N–H and O–H groups in total. The first-order chi connectivity index (χ1) is 14.9. The summed E-state index contributed by atoms with van der Waals surface area (Å²) in [4.78, 5) is 22.7. The summed E-state index contributed by atoms with van der Waals surface area (Å²) in [6.45, 7) is 1.45. The molecule has 4 rings (SSSR count). The molecular weight excluding hydrogens is 388 g/mol. The van der Waals surface area contributed by atoms with Crippen LogP contribution in [0, 0.1) is 0 Å². The Labute approximate surface area is 184 Å². The van der Waals surface area contributed by atoms with Crippen molar-refractivity contribution >= 4 is 17.6 Å². The Morgan fingerprint density at radius 2 is 1.65 bits per heavy atom. The zero-order valence-electron chi connectivity index (χ0n) is 18.7. The van der Waals surface area contributed by atoms with Crippen molar-refractivity contribution in [1.29, 1.82) is 0 Å². The lowest BCUT2D eigenvalue weighted by Crippen LogP contribution is -2.37. The molecule has 0 radical (unpaired) electrons.